The highest BCUT2D eigenvalue weighted by Crippen LogP contribution is 2.25. The predicted octanol–water partition coefficient (Wildman–Crippen LogP) is 1.01. The van der Waals surface area contributed by atoms with E-state index in [0.29, 0.717) is 38.3 Å². The predicted molar refractivity (Wildman–Crippen MR) is 123 cm³/mol. The Bertz CT molecular complexity index is 960. The fourth-order valence-corrected chi connectivity index (χ4v) is 7.81. The summed E-state index contributed by atoms with van der Waals surface area (Å²) in [6.45, 7) is 10.0. The Kier molecular flexibility index (Phi) is 8.15. The molecule has 1 N–H and O–H groups in total. The number of aryl methyl sites for hydroxylation is 2. The van der Waals surface area contributed by atoms with Gasteiger partial charge in [-0.3, -0.25) is 4.90 Å². The highest BCUT2D eigenvalue weighted by Gasteiger charge is 2.34. The summed E-state index contributed by atoms with van der Waals surface area (Å²) in [7, 11) is -7.33. The molecule has 8 nitrogen and oxygen atoms in total. The summed E-state index contributed by atoms with van der Waals surface area (Å²) in [4.78, 5) is 2.55. The van der Waals surface area contributed by atoms with E-state index in [-0.39, 0.29) is 23.2 Å². The first-order chi connectivity index (χ1) is 14.6. The highest BCUT2D eigenvalue weighted by molar-refractivity contribution is 7.90. The molecule has 2 aliphatic rings. The lowest BCUT2D eigenvalue weighted by Crippen LogP contribution is -2.49. The first kappa shape index (κ1) is 24.6. The minimum absolute atomic E-state index is 0.0318. The van der Waals surface area contributed by atoms with Crippen LogP contribution in [0.1, 0.15) is 30.9 Å². The van der Waals surface area contributed by atoms with E-state index >= 15 is 0 Å². The average molecular weight is 473 g/mol. The second-order valence-corrected chi connectivity index (χ2v) is 12.5. The third-order valence-corrected chi connectivity index (χ3v) is 10.2. The number of nitrogens with one attached hydrogen (secondary N) is 1. The zero-order valence-corrected chi connectivity index (χ0v) is 20.5. The van der Waals surface area contributed by atoms with Gasteiger partial charge in [0.2, 0.25) is 20.0 Å². The van der Waals surface area contributed by atoms with Gasteiger partial charge in [0.05, 0.1) is 10.6 Å². The number of sulfonamides is 2. The SMILES string of the molecule is CCN1CCC[C@H]1CN(CCS(=O)(=O)N1CCNCC1)S(=O)(=O)c1ccc(C)cc1C. The summed E-state index contributed by atoms with van der Waals surface area (Å²) in [6.07, 6.45) is 1.96. The molecule has 10 heteroatoms. The smallest absolute Gasteiger partial charge is 0.243 e. The van der Waals surface area contributed by atoms with E-state index in [4.69, 9.17) is 0 Å². The van der Waals surface area contributed by atoms with E-state index in [2.05, 4.69) is 17.1 Å². The van der Waals surface area contributed by atoms with Gasteiger partial charge in [0.15, 0.2) is 0 Å². The van der Waals surface area contributed by atoms with Crippen molar-refractivity contribution in [2.75, 3.05) is 58.1 Å². The van der Waals surface area contributed by atoms with Gasteiger partial charge in [-0.25, -0.2) is 16.8 Å². The van der Waals surface area contributed by atoms with Gasteiger partial charge >= 0.3 is 0 Å². The van der Waals surface area contributed by atoms with E-state index in [1.807, 2.05) is 13.0 Å². The summed E-state index contributed by atoms with van der Waals surface area (Å²) in [5.74, 6) is -0.198. The van der Waals surface area contributed by atoms with Crippen molar-refractivity contribution in [3.8, 4) is 0 Å². The molecule has 0 radical (unpaired) electrons. The zero-order chi connectivity index (χ0) is 22.6. The van der Waals surface area contributed by atoms with Crippen LogP contribution in [0.5, 0.6) is 0 Å². The van der Waals surface area contributed by atoms with Crippen LogP contribution in [-0.2, 0) is 20.0 Å². The minimum Gasteiger partial charge on any atom is -0.314 e. The Morgan fingerprint density at radius 3 is 2.45 bits per heavy atom. The van der Waals surface area contributed by atoms with Crippen LogP contribution >= 0.6 is 0 Å². The van der Waals surface area contributed by atoms with Crippen LogP contribution in [0.4, 0.5) is 0 Å². The molecule has 31 heavy (non-hydrogen) atoms. The number of nitrogens with zero attached hydrogens (tertiary/aromatic N) is 3. The fraction of sp³-hybridized carbons (Fsp3) is 0.714. The maximum atomic E-state index is 13.6. The lowest BCUT2D eigenvalue weighted by molar-refractivity contribution is 0.229. The van der Waals surface area contributed by atoms with Crippen LogP contribution < -0.4 is 5.32 Å². The molecule has 3 rings (SSSR count). The molecule has 0 aliphatic carbocycles. The minimum atomic E-state index is -3.81. The summed E-state index contributed by atoms with van der Waals surface area (Å²) < 4.78 is 55.9. The van der Waals surface area contributed by atoms with Gasteiger partial charge in [-0.2, -0.15) is 8.61 Å². The third kappa shape index (κ3) is 5.85. The molecular weight excluding hydrogens is 436 g/mol. The van der Waals surface area contributed by atoms with E-state index in [1.54, 1.807) is 19.1 Å². The van der Waals surface area contributed by atoms with Gasteiger partial charge < -0.3 is 5.32 Å². The number of likely N-dealkylation sites (N-methyl/N-ethyl adjacent to an activating group) is 1. The summed E-state index contributed by atoms with van der Waals surface area (Å²) in [5.41, 5.74) is 1.69. The molecule has 176 valence electrons. The number of piperazine rings is 1. The molecular formula is C21H36N4O4S2. The molecule has 0 amide bonds. The van der Waals surface area contributed by atoms with Gasteiger partial charge in [-0.15, -0.1) is 0 Å². The van der Waals surface area contributed by atoms with E-state index in [1.165, 1.54) is 8.61 Å². The normalized spacial score (nSPS) is 21.7. The molecule has 0 aromatic heterocycles. The van der Waals surface area contributed by atoms with Crippen LogP contribution in [0.2, 0.25) is 0 Å². The summed E-state index contributed by atoms with van der Waals surface area (Å²) in [6, 6.07) is 5.41. The number of benzene rings is 1. The molecule has 1 atom stereocenters. The number of hydrogen-bond acceptors (Lipinski definition) is 6. The van der Waals surface area contributed by atoms with Crippen molar-refractivity contribution in [1.29, 1.82) is 0 Å². The maximum Gasteiger partial charge on any atom is 0.243 e. The Hall–Kier alpha value is -1.04. The Morgan fingerprint density at radius 1 is 1.10 bits per heavy atom. The number of likely N-dealkylation sites (tertiary alicyclic amines) is 1. The largest absolute Gasteiger partial charge is 0.314 e. The quantitative estimate of drug-likeness (QED) is 0.577. The Balaban J connectivity index is 1.85. The third-order valence-electron chi connectivity index (χ3n) is 6.34. The molecule has 2 aliphatic heterocycles. The molecule has 0 spiro atoms. The average Bonchev–Trinajstić information content (AvgIpc) is 3.18. The monoisotopic (exact) mass is 472 g/mol. The molecule has 0 unspecified atom stereocenters. The molecule has 1 aromatic carbocycles. The van der Waals surface area contributed by atoms with Crippen molar-refractivity contribution < 1.29 is 16.8 Å². The van der Waals surface area contributed by atoms with Crippen LogP contribution in [0, 0.1) is 13.8 Å². The van der Waals surface area contributed by atoms with Crippen molar-refractivity contribution in [2.24, 2.45) is 0 Å². The zero-order valence-electron chi connectivity index (χ0n) is 18.9. The second-order valence-electron chi connectivity index (χ2n) is 8.52. The fourth-order valence-electron chi connectivity index (χ4n) is 4.56. The molecule has 2 saturated heterocycles. The van der Waals surface area contributed by atoms with E-state index < -0.39 is 20.0 Å². The van der Waals surface area contributed by atoms with Crippen molar-refractivity contribution in [3.05, 3.63) is 29.3 Å². The van der Waals surface area contributed by atoms with Crippen molar-refractivity contribution >= 4 is 20.0 Å². The van der Waals surface area contributed by atoms with Gasteiger partial charge in [-0.1, -0.05) is 24.6 Å². The summed E-state index contributed by atoms with van der Waals surface area (Å²) in [5, 5.41) is 3.15. The maximum absolute atomic E-state index is 13.6. The van der Waals surface area contributed by atoms with Crippen molar-refractivity contribution in [2.45, 2.75) is 44.6 Å². The topological polar surface area (TPSA) is 90.0 Å². The van der Waals surface area contributed by atoms with E-state index in [0.717, 1.165) is 31.5 Å². The standard InChI is InChI=1S/C21H36N4O4S2/c1-4-23-11-5-6-20(23)17-25(14-15-30(26,27)24-12-9-22-10-13-24)31(28,29)21-8-7-18(2)16-19(21)3/h7-8,16,20,22H,4-6,9-15,17H2,1-3H3/t20-/m0/s1. The Morgan fingerprint density at radius 2 is 1.81 bits per heavy atom. The number of hydrogen-bond donors (Lipinski definition) is 1. The first-order valence-corrected chi connectivity index (χ1v) is 14.2. The van der Waals surface area contributed by atoms with Gasteiger partial charge in [0.1, 0.15) is 0 Å². The second kappa shape index (κ2) is 10.3. The Labute approximate surface area is 187 Å². The van der Waals surface area contributed by atoms with Crippen LogP contribution in [0.15, 0.2) is 23.1 Å². The van der Waals surface area contributed by atoms with Crippen LogP contribution in [-0.4, -0.2) is 94.5 Å². The molecule has 0 saturated carbocycles. The summed E-state index contributed by atoms with van der Waals surface area (Å²) >= 11 is 0. The van der Waals surface area contributed by atoms with Gasteiger partial charge in [0, 0.05) is 45.3 Å². The van der Waals surface area contributed by atoms with Gasteiger partial charge in [-0.05, 0) is 51.4 Å². The molecule has 2 fully saturated rings. The van der Waals surface area contributed by atoms with Crippen molar-refractivity contribution in [1.82, 2.24) is 18.8 Å². The van der Waals surface area contributed by atoms with Crippen LogP contribution in [0.3, 0.4) is 0 Å². The lowest BCUT2D eigenvalue weighted by Gasteiger charge is -2.31. The highest BCUT2D eigenvalue weighted by atomic mass is 32.2. The lowest BCUT2D eigenvalue weighted by atomic mass is 10.2. The van der Waals surface area contributed by atoms with Crippen LogP contribution in [0.25, 0.3) is 0 Å². The van der Waals surface area contributed by atoms with E-state index in [9.17, 15) is 16.8 Å². The number of rotatable bonds is 9. The van der Waals surface area contributed by atoms with Gasteiger partial charge in [0.25, 0.3) is 0 Å². The molecule has 0 bridgehead atoms. The van der Waals surface area contributed by atoms with Crippen molar-refractivity contribution in [3.63, 3.8) is 0 Å². The molecule has 2 heterocycles. The first-order valence-electron chi connectivity index (χ1n) is 11.1. The molecule has 1 aromatic rings.